The van der Waals surface area contributed by atoms with Crippen molar-refractivity contribution < 1.29 is 28.6 Å². The van der Waals surface area contributed by atoms with Crippen LogP contribution in [0.2, 0.25) is 0 Å². The number of fused-ring (bicyclic) bond motifs is 2. The van der Waals surface area contributed by atoms with Crippen LogP contribution >= 0.6 is 0 Å². The molecule has 26 heavy (non-hydrogen) atoms. The van der Waals surface area contributed by atoms with Gasteiger partial charge in [0, 0.05) is 30.5 Å². The monoisotopic (exact) mass is 361 g/mol. The molecule has 0 aromatic carbocycles. The molecule has 0 aromatic rings. The van der Waals surface area contributed by atoms with Crippen LogP contribution in [0.1, 0.15) is 33.1 Å². The molecule has 1 fully saturated rings. The maximum absolute atomic E-state index is 12.1. The number of rotatable bonds is 3. The minimum atomic E-state index is -0.705. The molecular weight excluding hydrogens is 338 g/mol. The molecule has 0 radical (unpaired) electrons. The van der Waals surface area contributed by atoms with Crippen molar-refractivity contribution in [2.75, 3.05) is 6.54 Å². The average Bonchev–Trinajstić information content (AvgIpc) is 3.04. The van der Waals surface area contributed by atoms with Gasteiger partial charge in [0.1, 0.15) is 18.3 Å². The second-order valence-corrected chi connectivity index (χ2v) is 6.85. The first-order valence-electron chi connectivity index (χ1n) is 8.82. The van der Waals surface area contributed by atoms with Crippen molar-refractivity contribution in [3.63, 3.8) is 0 Å². The van der Waals surface area contributed by atoms with E-state index in [1.54, 1.807) is 12.2 Å². The van der Waals surface area contributed by atoms with Crippen molar-refractivity contribution in [1.82, 2.24) is 5.32 Å². The summed E-state index contributed by atoms with van der Waals surface area (Å²) in [6.45, 7) is 8.13. The molecule has 1 N–H and O–H groups in total. The van der Waals surface area contributed by atoms with Gasteiger partial charge in [-0.05, 0) is 25.5 Å². The van der Waals surface area contributed by atoms with Gasteiger partial charge < -0.3 is 19.5 Å². The summed E-state index contributed by atoms with van der Waals surface area (Å²) >= 11 is 0. The van der Waals surface area contributed by atoms with Gasteiger partial charge in [0.2, 0.25) is 0 Å². The molecule has 2 heterocycles. The smallest absolute Gasteiger partial charge is 0.407 e. The molecular formula is C19H23NO6. The standard InChI is InChI=1S/C19H23NO6/c1-4-5-20-19(23)26-14-7-10(2)6-13-8-12(18(22)24-13)9-15-16(14)11(3)17(21)25-15/h7-8,13-16H,3-6,9H2,1-2H3,(H,20,23)/b10-7-/t13-,14+,15-,16-/m0/s1. The zero-order valence-electron chi connectivity index (χ0n) is 14.9. The second kappa shape index (κ2) is 7.35. The molecule has 2 aliphatic heterocycles. The third-order valence-corrected chi connectivity index (χ3v) is 4.74. The molecule has 0 spiro atoms. The van der Waals surface area contributed by atoms with Crippen molar-refractivity contribution in [3.05, 3.63) is 35.5 Å². The van der Waals surface area contributed by atoms with Gasteiger partial charge in [0.15, 0.2) is 0 Å². The van der Waals surface area contributed by atoms with Gasteiger partial charge in [-0.1, -0.05) is 19.1 Å². The lowest BCUT2D eigenvalue weighted by atomic mass is 9.85. The van der Waals surface area contributed by atoms with E-state index >= 15 is 0 Å². The molecule has 0 saturated carbocycles. The zero-order chi connectivity index (χ0) is 18.8. The van der Waals surface area contributed by atoms with Crippen molar-refractivity contribution in [1.29, 1.82) is 0 Å². The number of alkyl carbamates (subject to hydrolysis) is 1. The van der Waals surface area contributed by atoms with Gasteiger partial charge in [-0.2, -0.15) is 0 Å². The van der Waals surface area contributed by atoms with E-state index in [2.05, 4.69) is 11.9 Å². The number of carbonyl (C=O) groups is 3. The van der Waals surface area contributed by atoms with Crippen molar-refractivity contribution >= 4 is 18.0 Å². The highest BCUT2D eigenvalue weighted by Crippen LogP contribution is 2.38. The Bertz CT molecular complexity index is 707. The Morgan fingerprint density at radius 2 is 2.04 bits per heavy atom. The lowest BCUT2D eigenvalue weighted by Crippen LogP contribution is -2.36. The van der Waals surface area contributed by atoms with E-state index in [9.17, 15) is 14.4 Å². The van der Waals surface area contributed by atoms with E-state index in [4.69, 9.17) is 14.2 Å². The van der Waals surface area contributed by atoms with Crippen molar-refractivity contribution in [2.45, 2.75) is 51.4 Å². The summed E-state index contributed by atoms with van der Waals surface area (Å²) in [5, 5.41) is 2.67. The summed E-state index contributed by atoms with van der Waals surface area (Å²) in [5.41, 5.74) is 1.62. The van der Waals surface area contributed by atoms with Gasteiger partial charge >= 0.3 is 18.0 Å². The number of amides is 1. The number of ether oxygens (including phenoxy) is 3. The number of nitrogens with one attached hydrogen (secondary N) is 1. The lowest BCUT2D eigenvalue weighted by molar-refractivity contribution is -0.142. The Kier molecular flexibility index (Phi) is 5.15. The Morgan fingerprint density at radius 3 is 2.77 bits per heavy atom. The first-order valence-corrected chi connectivity index (χ1v) is 8.82. The summed E-state index contributed by atoms with van der Waals surface area (Å²) < 4.78 is 16.3. The van der Waals surface area contributed by atoms with Crippen molar-refractivity contribution in [3.8, 4) is 0 Å². The maximum Gasteiger partial charge on any atom is 0.407 e. The average molecular weight is 361 g/mol. The highest BCUT2D eigenvalue weighted by atomic mass is 16.6. The largest absolute Gasteiger partial charge is 0.458 e. The highest BCUT2D eigenvalue weighted by Gasteiger charge is 2.46. The number of carbonyl (C=O) groups excluding carboxylic acids is 3. The molecule has 140 valence electrons. The van der Waals surface area contributed by atoms with Crippen LogP contribution in [0.25, 0.3) is 0 Å². The molecule has 3 aliphatic rings. The van der Waals surface area contributed by atoms with E-state index in [1.807, 2.05) is 13.8 Å². The highest BCUT2D eigenvalue weighted by molar-refractivity contribution is 5.93. The summed E-state index contributed by atoms with van der Waals surface area (Å²) in [6, 6.07) is 0. The van der Waals surface area contributed by atoms with E-state index in [0.717, 1.165) is 12.0 Å². The second-order valence-electron chi connectivity index (χ2n) is 6.85. The normalized spacial score (nSPS) is 32.6. The Balaban J connectivity index is 1.91. The van der Waals surface area contributed by atoms with E-state index in [-0.39, 0.29) is 18.1 Å². The Hall–Kier alpha value is -2.57. The van der Waals surface area contributed by atoms with Gasteiger partial charge in [-0.15, -0.1) is 0 Å². The molecule has 4 atom stereocenters. The minimum Gasteiger partial charge on any atom is -0.458 e. The maximum atomic E-state index is 12.1. The molecule has 7 heteroatoms. The topological polar surface area (TPSA) is 90.9 Å². The first-order chi connectivity index (χ1) is 12.4. The fraction of sp³-hybridized carbons (Fsp3) is 0.526. The fourth-order valence-corrected chi connectivity index (χ4v) is 3.50. The first kappa shape index (κ1) is 18.2. The molecule has 1 amide bonds. The number of esters is 2. The summed E-state index contributed by atoms with van der Waals surface area (Å²) in [4.78, 5) is 36.2. The van der Waals surface area contributed by atoms with Crippen LogP contribution in [-0.4, -0.2) is 42.9 Å². The van der Waals surface area contributed by atoms with E-state index in [1.165, 1.54) is 0 Å². The molecule has 3 rings (SSSR count). The predicted molar refractivity (Wildman–Crippen MR) is 92.0 cm³/mol. The van der Waals surface area contributed by atoms with Crippen LogP contribution < -0.4 is 5.32 Å². The SMILES string of the molecule is C=C1C(=O)O[C@H]2CC3=C[C@H](C/C(C)=C\[C@@H](OC(=O)NCCC)[C@H]12)OC3=O. The van der Waals surface area contributed by atoms with Crippen LogP contribution in [0.5, 0.6) is 0 Å². The third kappa shape index (κ3) is 3.66. The molecule has 2 bridgehead atoms. The van der Waals surface area contributed by atoms with E-state index < -0.39 is 36.2 Å². The van der Waals surface area contributed by atoms with Crippen LogP contribution in [0.15, 0.2) is 35.5 Å². The van der Waals surface area contributed by atoms with Gasteiger partial charge in [0.05, 0.1) is 5.92 Å². The van der Waals surface area contributed by atoms with Gasteiger partial charge in [0.25, 0.3) is 0 Å². The molecule has 7 nitrogen and oxygen atoms in total. The number of hydrogen-bond acceptors (Lipinski definition) is 6. The predicted octanol–water partition coefficient (Wildman–Crippen LogP) is 2.18. The molecule has 0 unspecified atom stereocenters. The zero-order valence-corrected chi connectivity index (χ0v) is 14.9. The molecule has 1 aliphatic carbocycles. The Morgan fingerprint density at radius 1 is 1.27 bits per heavy atom. The third-order valence-electron chi connectivity index (χ3n) is 4.74. The molecule has 1 saturated heterocycles. The van der Waals surface area contributed by atoms with Crippen LogP contribution in [0.4, 0.5) is 4.79 Å². The van der Waals surface area contributed by atoms with Crippen LogP contribution in [0, 0.1) is 5.92 Å². The fourth-order valence-electron chi connectivity index (χ4n) is 3.50. The number of hydrogen-bond donors (Lipinski definition) is 1. The van der Waals surface area contributed by atoms with Gasteiger partial charge in [-0.25, -0.2) is 14.4 Å². The summed E-state index contributed by atoms with van der Waals surface area (Å²) in [7, 11) is 0. The quantitative estimate of drug-likeness (QED) is 0.359. The Labute approximate surface area is 152 Å². The summed E-state index contributed by atoms with van der Waals surface area (Å²) in [5.74, 6) is -1.47. The van der Waals surface area contributed by atoms with Crippen LogP contribution in [-0.2, 0) is 23.8 Å². The van der Waals surface area contributed by atoms with Gasteiger partial charge in [-0.3, -0.25) is 0 Å². The van der Waals surface area contributed by atoms with E-state index in [0.29, 0.717) is 18.5 Å². The van der Waals surface area contributed by atoms with Crippen LogP contribution in [0.3, 0.4) is 0 Å². The lowest BCUT2D eigenvalue weighted by Gasteiger charge is -2.26. The van der Waals surface area contributed by atoms with Crippen molar-refractivity contribution in [2.24, 2.45) is 5.92 Å². The minimum absolute atomic E-state index is 0.216. The molecule has 0 aromatic heterocycles. The summed E-state index contributed by atoms with van der Waals surface area (Å²) in [6.07, 6.45) is 2.84.